The maximum Gasteiger partial charge on any atom is 0.270 e. The van der Waals surface area contributed by atoms with Gasteiger partial charge < -0.3 is 5.11 Å². The monoisotopic (exact) mass is 509 g/mol. The molecule has 0 aromatic heterocycles. The molecular formula is C23H16BrN3O6. The van der Waals surface area contributed by atoms with Crippen molar-refractivity contribution in [3.63, 3.8) is 0 Å². The fourth-order valence-electron chi connectivity index (χ4n) is 4.27. The summed E-state index contributed by atoms with van der Waals surface area (Å²) in [6.45, 7) is 0. The number of phenols is 1. The van der Waals surface area contributed by atoms with E-state index in [1.54, 1.807) is 54.6 Å². The highest BCUT2D eigenvalue weighted by Gasteiger charge is 2.60. The third-order valence-corrected chi connectivity index (χ3v) is 6.28. The van der Waals surface area contributed by atoms with Crippen LogP contribution in [0.5, 0.6) is 5.75 Å². The fraction of sp³-hybridized carbons (Fsp3) is 0.130. The number of rotatable bonds is 4. The van der Waals surface area contributed by atoms with E-state index in [9.17, 15) is 24.8 Å². The summed E-state index contributed by atoms with van der Waals surface area (Å²) in [6, 6.07) is 18.1. The van der Waals surface area contributed by atoms with Crippen molar-refractivity contribution in [2.45, 2.75) is 12.1 Å². The van der Waals surface area contributed by atoms with Gasteiger partial charge in [-0.05, 0) is 42.5 Å². The number of hydrogen-bond donors (Lipinski definition) is 1. The number of para-hydroxylation sites is 1. The summed E-state index contributed by atoms with van der Waals surface area (Å²) < 4.78 is 0.788. The van der Waals surface area contributed by atoms with Crippen molar-refractivity contribution < 1.29 is 24.5 Å². The van der Waals surface area contributed by atoms with E-state index in [4.69, 9.17) is 4.84 Å². The van der Waals surface area contributed by atoms with Crippen molar-refractivity contribution in [2.75, 3.05) is 9.96 Å². The molecule has 0 saturated carbocycles. The second-order valence-electron chi connectivity index (χ2n) is 7.65. The second-order valence-corrected chi connectivity index (χ2v) is 8.56. The van der Waals surface area contributed by atoms with Gasteiger partial charge in [-0.15, -0.1) is 0 Å². The Morgan fingerprint density at radius 3 is 2.30 bits per heavy atom. The van der Waals surface area contributed by atoms with Crippen LogP contribution in [0.4, 0.5) is 17.1 Å². The first kappa shape index (κ1) is 21.1. The number of imide groups is 1. The number of nitro groups is 1. The number of non-ortho nitro benzene ring substituents is 1. The number of anilines is 2. The predicted molar refractivity (Wildman–Crippen MR) is 121 cm³/mol. The highest BCUT2D eigenvalue weighted by molar-refractivity contribution is 9.10. The Kier molecular flexibility index (Phi) is 5.10. The van der Waals surface area contributed by atoms with Crippen molar-refractivity contribution in [2.24, 2.45) is 5.92 Å². The standard InChI is InChI=1S/C23H16BrN3O6/c24-13-6-8-14(9-7-13)25-22(29)19-20(17-12-16(27(31)32)10-11-18(17)28)26(33-21(19)23(25)30)15-4-2-1-3-5-15/h1-12,19-21,28H/t19-,20-,21-/m1/s1. The molecule has 0 unspecified atom stereocenters. The maximum atomic E-state index is 13.5. The Morgan fingerprint density at radius 2 is 1.64 bits per heavy atom. The van der Waals surface area contributed by atoms with E-state index in [1.165, 1.54) is 23.3 Å². The highest BCUT2D eigenvalue weighted by atomic mass is 79.9. The Balaban J connectivity index is 1.63. The molecule has 5 rings (SSSR count). The quantitative estimate of drug-likeness (QED) is 0.319. The van der Waals surface area contributed by atoms with E-state index in [0.717, 1.165) is 9.37 Å². The van der Waals surface area contributed by atoms with Gasteiger partial charge in [0.15, 0.2) is 6.10 Å². The van der Waals surface area contributed by atoms with Gasteiger partial charge in [-0.1, -0.05) is 34.1 Å². The van der Waals surface area contributed by atoms with Gasteiger partial charge in [0.2, 0.25) is 5.91 Å². The van der Waals surface area contributed by atoms with Gasteiger partial charge in [0, 0.05) is 22.2 Å². The van der Waals surface area contributed by atoms with Crippen molar-refractivity contribution in [3.8, 4) is 5.75 Å². The van der Waals surface area contributed by atoms with Crippen LogP contribution in [0.1, 0.15) is 11.6 Å². The molecule has 3 aromatic carbocycles. The molecule has 3 atom stereocenters. The normalized spacial score (nSPS) is 22.0. The number of hydrogen-bond acceptors (Lipinski definition) is 7. The minimum absolute atomic E-state index is 0.124. The zero-order valence-electron chi connectivity index (χ0n) is 16.9. The molecule has 2 saturated heterocycles. The lowest BCUT2D eigenvalue weighted by molar-refractivity contribution is -0.385. The molecule has 33 heavy (non-hydrogen) atoms. The van der Waals surface area contributed by atoms with Gasteiger partial charge in [-0.2, -0.15) is 0 Å². The number of nitrogens with zero attached hydrogens (tertiary/aromatic N) is 3. The van der Waals surface area contributed by atoms with Gasteiger partial charge >= 0.3 is 0 Å². The van der Waals surface area contributed by atoms with Gasteiger partial charge in [-0.25, -0.2) is 9.96 Å². The first-order valence-electron chi connectivity index (χ1n) is 9.98. The number of aromatic hydroxyl groups is 1. The molecule has 0 spiro atoms. The molecule has 2 aliphatic heterocycles. The van der Waals surface area contributed by atoms with E-state index in [1.807, 2.05) is 0 Å². The van der Waals surface area contributed by atoms with Crippen molar-refractivity contribution in [1.82, 2.24) is 0 Å². The third-order valence-electron chi connectivity index (χ3n) is 5.75. The Bertz CT molecular complexity index is 1270. The second kappa shape index (κ2) is 7.98. The Labute approximate surface area is 196 Å². The molecule has 0 aliphatic carbocycles. The molecule has 2 fully saturated rings. The average molecular weight is 510 g/mol. The molecule has 0 radical (unpaired) electrons. The number of phenolic OH excluding ortho intramolecular Hbond substituents is 1. The van der Waals surface area contributed by atoms with Crippen molar-refractivity contribution in [1.29, 1.82) is 0 Å². The van der Waals surface area contributed by atoms with E-state index in [-0.39, 0.29) is 17.0 Å². The van der Waals surface area contributed by atoms with Crippen LogP contribution in [0.25, 0.3) is 0 Å². The number of benzene rings is 3. The Hall–Kier alpha value is -3.76. The number of amides is 2. The molecule has 2 heterocycles. The van der Waals surface area contributed by atoms with Gasteiger partial charge in [0.05, 0.1) is 16.3 Å². The molecule has 10 heteroatoms. The van der Waals surface area contributed by atoms with Crippen LogP contribution in [-0.4, -0.2) is 27.9 Å². The lowest BCUT2D eigenvalue weighted by Crippen LogP contribution is -2.37. The molecule has 2 amide bonds. The molecular weight excluding hydrogens is 494 g/mol. The van der Waals surface area contributed by atoms with Crippen molar-refractivity contribution >= 4 is 44.8 Å². The summed E-state index contributed by atoms with van der Waals surface area (Å²) in [6.07, 6.45) is -1.15. The number of halogens is 1. The largest absolute Gasteiger partial charge is 0.508 e. The predicted octanol–water partition coefficient (Wildman–Crippen LogP) is 4.11. The first-order chi connectivity index (χ1) is 15.9. The minimum Gasteiger partial charge on any atom is -0.508 e. The van der Waals surface area contributed by atoms with E-state index < -0.39 is 34.8 Å². The average Bonchev–Trinajstić information content (AvgIpc) is 3.31. The highest BCUT2D eigenvalue weighted by Crippen LogP contribution is 2.49. The van der Waals surface area contributed by atoms with E-state index in [2.05, 4.69) is 15.9 Å². The summed E-state index contributed by atoms with van der Waals surface area (Å²) in [5.74, 6) is -2.31. The van der Waals surface area contributed by atoms with Crippen LogP contribution >= 0.6 is 15.9 Å². The first-order valence-corrected chi connectivity index (χ1v) is 10.8. The van der Waals surface area contributed by atoms with Gasteiger partial charge in [-0.3, -0.25) is 24.5 Å². The summed E-state index contributed by atoms with van der Waals surface area (Å²) in [5, 5.41) is 23.4. The lowest BCUT2D eigenvalue weighted by atomic mass is 9.89. The van der Waals surface area contributed by atoms with Crippen LogP contribution in [0.3, 0.4) is 0 Å². The minimum atomic E-state index is -1.15. The summed E-state index contributed by atoms with van der Waals surface area (Å²) >= 11 is 3.33. The number of carbonyl (C=O) groups is 2. The van der Waals surface area contributed by atoms with Crippen LogP contribution in [0.15, 0.2) is 77.3 Å². The lowest BCUT2D eigenvalue weighted by Gasteiger charge is -2.29. The maximum absolute atomic E-state index is 13.5. The topological polar surface area (TPSA) is 113 Å². The van der Waals surface area contributed by atoms with E-state index in [0.29, 0.717) is 11.4 Å². The SMILES string of the molecule is O=C1[C@@H]2[C@@H](c3cc([N+](=O)[O-])ccc3O)N(c3ccccc3)O[C@H]2C(=O)N1c1ccc(Br)cc1. The van der Waals surface area contributed by atoms with Crippen LogP contribution in [0, 0.1) is 16.0 Å². The molecule has 166 valence electrons. The number of nitro benzene ring substituents is 1. The molecule has 3 aromatic rings. The van der Waals surface area contributed by atoms with Crippen molar-refractivity contribution in [3.05, 3.63) is 92.9 Å². The summed E-state index contributed by atoms with van der Waals surface area (Å²) in [7, 11) is 0. The molecule has 1 N–H and O–H groups in total. The number of carbonyl (C=O) groups excluding carboxylic acids is 2. The molecule has 0 bridgehead atoms. The summed E-state index contributed by atoms with van der Waals surface area (Å²) in [4.78, 5) is 44.7. The van der Waals surface area contributed by atoms with Crippen LogP contribution in [0.2, 0.25) is 0 Å². The zero-order chi connectivity index (χ0) is 23.3. The Morgan fingerprint density at radius 1 is 0.939 bits per heavy atom. The molecule has 9 nitrogen and oxygen atoms in total. The van der Waals surface area contributed by atoms with Crippen LogP contribution in [-0.2, 0) is 14.4 Å². The summed E-state index contributed by atoms with van der Waals surface area (Å²) in [5.41, 5.74) is 0.804. The van der Waals surface area contributed by atoms with Gasteiger partial charge in [0.1, 0.15) is 17.7 Å². The van der Waals surface area contributed by atoms with E-state index >= 15 is 0 Å². The van der Waals surface area contributed by atoms with Crippen LogP contribution < -0.4 is 9.96 Å². The number of hydroxylamine groups is 1. The fourth-order valence-corrected chi connectivity index (χ4v) is 4.53. The molecule has 2 aliphatic rings. The smallest absolute Gasteiger partial charge is 0.270 e. The van der Waals surface area contributed by atoms with Gasteiger partial charge in [0.25, 0.3) is 11.6 Å². The zero-order valence-corrected chi connectivity index (χ0v) is 18.5. The number of fused-ring (bicyclic) bond motifs is 1. The third kappa shape index (κ3) is 3.43.